The van der Waals surface area contributed by atoms with Gasteiger partial charge in [0.15, 0.2) is 6.61 Å². The Morgan fingerprint density at radius 1 is 1.27 bits per heavy atom. The van der Waals surface area contributed by atoms with E-state index in [1.54, 1.807) is 17.0 Å². The quantitative estimate of drug-likeness (QED) is 0.948. The topological polar surface area (TPSA) is 55.6 Å². The van der Waals surface area contributed by atoms with Gasteiger partial charge < -0.3 is 15.4 Å². The van der Waals surface area contributed by atoms with E-state index < -0.39 is 0 Å². The predicted molar refractivity (Wildman–Crippen MR) is 82.1 cm³/mol. The zero-order valence-electron chi connectivity index (χ0n) is 12.3. The predicted octanol–water partition coefficient (Wildman–Crippen LogP) is 2.77. The largest absolute Gasteiger partial charge is 0.482 e. The van der Waals surface area contributed by atoms with Crippen LogP contribution in [0, 0.1) is 5.82 Å². The second-order valence-corrected chi connectivity index (χ2v) is 5.41. The lowest BCUT2D eigenvalue weighted by Gasteiger charge is -2.30. The van der Waals surface area contributed by atoms with Crippen LogP contribution < -0.4 is 15.4 Å². The van der Waals surface area contributed by atoms with Crippen LogP contribution in [0.25, 0.3) is 0 Å². The van der Waals surface area contributed by atoms with Crippen molar-refractivity contribution in [3.8, 4) is 5.75 Å². The number of nitrogens with two attached hydrogens (primary N) is 1. The summed E-state index contributed by atoms with van der Waals surface area (Å²) in [7, 11) is 0. The summed E-state index contributed by atoms with van der Waals surface area (Å²) >= 11 is 0. The number of hydrogen-bond donors (Lipinski definition) is 1. The first-order valence-corrected chi connectivity index (χ1v) is 7.12. The van der Waals surface area contributed by atoms with E-state index >= 15 is 0 Å². The summed E-state index contributed by atoms with van der Waals surface area (Å²) in [5.41, 5.74) is 8.40. The smallest absolute Gasteiger partial charge is 0.265 e. The Bertz CT molecular complexity index is 698. The molecule has 1 amide bonds. The number of anilines is 1. The molecule has 0 fully saturated rings. The molecule has 0 saturated carbocycles. The van der Waals surface area contributed by atoms with Gasteiger partial charge in [-0.05, 0) is 42.3 Å². The van der Waals surface area contributed by atoms with Gasteiger partial charge in [-0.15, -0.1) is 0 Å². The molecule has 1 atom stereocenters. The standard InChI is InChI=1S/C17H17FN2O2/c1-11(19)13-4-7-16-15(8-13)20(17(21)10-22-16)9-12-2-5-14(18)6-3-12/h2-8,11H,9-10,19H2,1H3. The molecule has 0 saturated heterocycles. The van der Waals surface area contributed by atoms with Gasteiger partial charge >= 0.3 is 0 Å². The summed E-state index contributed by atoms with van der Waals surface area (Å²) in [5.74, 6) is 0.237. The van der Waals surface area contributed by atoms with Gasteiger partial charge in [-0.25, -0.2) is 4.39 Å². The van der Waals surface area contributed by atoms with Crippen molar-refractivity contribution < 1.29 is 13.9 Å². The Morgan fingerprint density at radius 2 is 2.00 bits per heavy atom. The van der Waals surface area contributed by atoms with Crippen molar-refractivity contribution in [2.75, 3.05) is 11.5 Å². The van der Waals surface area contributed by atoms with Gasteiger partial charge in [0.05, 0.1) is 12.2 Å². The zero-order valence-corrected chi connectivity index (χ0v) is 12.3. The Hall–Kier alpha value is -2.40. The molecule has 0 radical (unpaired) electrons. The minimum atomic E-state index is -0.295. The van der Waals surface area contributed by atoms with Crippen molar-refractivity contribution >= 4 is 11.6 Å². The fraction of sp³-hybridized carbons (Fsp3) is 0.235. The molecule has 1 heterocycles. The van der Waals surface area contributed by atoms with Crippen LogP contribution in [0.4, 0.5) is 10.1 Å². The first-order valence-electron chi connectivity index (χ1n) is 7.12. The fourth-order valence-electron chi connectivity index (χ4n) is 2.45. The summed E-state index contributed by atoms with van der Waals surface area (Å²) in [6.45, 7) is 2.27. The highest BCUT2D eigenvalue weighted by Gasteiger charge is 2.26. The molecule has 114 valence electrons. The second-order valence-electron chi connectivity index (χ2n) is 5.41. The number of amides is 1. The van der Waals surface area contributed by atoms with Crippen LogP contribution in [0.1, 0.15) is 24.1 Å². The second kappa shape index (κ2) is 5.77. The van der Waals surface area contributed by atoms with Gasteiger partial charge in [0.2, 0.25) is 0 Å². The van der Waals surface area contributed by atoms with Crippen LogP contribution in [-0.2, 0) is 11.3 Å². The van der Waals surface area contributed by atoms with Crippen LogP contribution in [0.15, 0.2) is 42.5 Å². The molecule has 22 heavy (non-hydrogen) atoms. The lowest BCUT2D eigenvalue weighted by molar-refractivity contribution is -0.121. The molecule has 0 aliphatic carbocycles. The molecule has 0 spiro atoms. The molecule has 0 aromatic heterocycles. The Balaban J connectivity index is 1.95. The van der Waals surface area contributed by atoms with Gasteiger partial charge in [-0.2, -0.15) is 0 Å². The van der Waals surface area contributed by atoms with Crippen LogP contribution in [0.3, 0.4) is 0 Å². The summed E-state index contributed by atoms with van der Waals surface area (Å²) in [6.07, 6.45) is 0. The minimum absolute atomic E-state index is 0.00567. The van der Waals surface area contributed by atoms with Crippen molar-refractivity contribution in [3.63, 3.8) is 0 Å². The molecule has 2 aromatic carbocycles. The van der Waals surface area contributed by atoms with Crippen LogP contribution >= 0.6 is 0 Å². The average Bonchev–Trinajstić information content (AvgIpc) is 2.51. The van der Waals surface area contributed by atoms with Crippen molar-refractivity contribution in [1.29, 1.82) is 0 Å². The highest BCUT2D eigenvalue weighted by molar-refractivity contribution is 5.97. The van der Waals surface area contributed by atoms with E-state index in [4.69, 9.17) is 10.5 Å². The maximum Gasteiger partial charge on any atom is 0.265 e. The van der Waals surface area contributed by atoms with Gasteiger partial charge in [-0.1, -0.05) is 18.2 Å². The number of hydrogen-bond acceptors (Lipinski definition) is 3. The number of ether oxygens (including phenoxy) is 1. The van der Waals surface area contributed by atoms with E-state index in [1.165, 1.54) is 12.1 Å². The molecular formula is C17H17FN2O2. The van der Waals surface area contributed by atoms with Gasteiger partial charge in [0.1, 0.15) is 11.6 Å². The van der Waals surface area contributed by atoms with Crippen LogP contribution in [0.2, 0.25) is 0 Å². The number of carbonyl (C=O) groups excluding carboxylic acids is 1. The highest BCUT2D eigenvalue weighted by atomic mass is 19.1. The van der Waals surface area contributed by atoms with Gasteiger partial charge in [-0.3, -0.25) is 4.79 Å². The molecule has 2 aromatic rings. The first-order chi connectivity index (χ1) is 10.5. The number of carbonyl (C=O) groups is 1. The van der Waals surface area contributed by atoms with Crippen molar-refractivity contribution in [2.24, 2.45) is 5.73 Å². The number of nitrogens with zero attached hydrogens (tertiary/aromatic N) is 1. The normalized spacial score (nSPS) is 15.2. The summed E-state index contributed by atoms with van der Waals surface area (Å²) in [5, 5.41) is 0. The van der Waals surface area contributed by atoms with E-state index in [9.17, 15) is 9.18 Å². The SMILES string of the molecule is CC(N)c1ccc2c(c1)N(Cc1ccc(F)cc1)C(=O)CO2. The van der Waals surface area contributed by atoms with Crippen molar-refractivity contribution in [1.82, 2.24) is 0 Å². The monoisotopic (exact) mass is 300 g/mol. The van der Waals surface area contributed by atoms with Crippen LogP contribution in [0.5, 0.6) is 5.75 Å². The van der Waals surface area contributed by atoms with E-state index in [2.05, 4.69) is 0 Å². The molecule has 5 heteroatoms. The average molecular weight is 300 g/mol. The number of fused-ring (bicyclic) bond motifs is 1. The number of rotatable bonds is 3. The van der Waals surface area contributed by atoms with Crippen molar-refractivity contribution in [2.45, 2.75) is 19.5 Å². The lowest BCUT2D eigenvalue weighted by Crippen LogP contribution is -2.38. The van der Waals surface area contributed by atoms with E-state index in [1.807, 2.05) is 25.1 Å². The van der Waals surface area contributed by atoms with Crippen molar-refractivity contribution in [3.05, 3.63) is 59.4 Å². The maximum absolute atomic E-state index is 13.0. The molecule has 3 rings (SSSR count). The molecule has 4 nitrogen and oxygen atoms in total. The van der Waals surface area contributed by atoms with E-state index in [0.717, 1.165) is 11.1 Å². The third-order valence-electron chi connectivity index (χ3n) is 3.71. The first kappa shape index (κ1) is 14.5. The Kier molecular flexibility index (Phi) is 3.81. The molecule has 2 N–H and O–H groups in total. The van der Waals surface area contributed by atoms with Crippen LogP contribution in [-0.4, -0.2) is 12.5 Å². The van der Waals surface area contributed by atoms with Gasteiger partial charge in [0.25, 0.3) is 5.91 Å². The number of halogens is 1. The summed E-state index contributed by atoms with van der Waals surface area (Å²) in [6, 6.07) is 11.6. The summed E-state index contributed by atoms with van der Waals surface area (Å²) < 4.78 is 18.5. The Morgan fingerprint density at radius 3 is 2.68 bits per heavy atom. The molecule has 1 aliphatic heterocycles. The molecule has 1 unspecified atom stereocenters. The van der Waals surface area contributed by atoms with E-state index in [-0.39, 0.29) is 24.4 Å². The molecule has 1 aliphatic rings. The fourth-order valence-corrected chi connectivity index (χ4v) is 2.45. The zero-order chi connectivity index (χ0) is 15.7. The lowest BCUT2D eigenvalue weighted by atomic mass is 10.1. The highest BCUT2D eigenvalue weighted by Crippen LogP contribution is 2.35. The third-order valence-corrected chi connectivity index (χ3v) is 3.71. The maximum atomic E-state index is 13.0. The molecule has 0 bridgehead atoms. The Labute approximate surface area is 128 Å². The van der Waals surface area contributed by atoms with Gasteiger partial charge in [0, 0.05) is 6.04 Å². The molecular weight excluding hydrogens is 283 g/mol. The number of benzene rings is 2. The summed E-state index contributed by atoms with van der Waals surface area (Å²) in [4.78, 5) is 13.9. The minimum Gasteiger partial charge on any atom is -0.482 e. The third kappa shape index (κ3) is 2.80. The van der Waals surface area contributed by atoms with E-state index in [0.29, 0.717) is 18.0 Å².